The summed E-state index contributed by atoms with van der Waals surface area (Å²) in [6.07, 6.45) is 1.01. The van der Waals surface area contributed by atoms with E-state index in [1.807, 2.05) is 6.92 Å². The van der Waals surface area contributed by atoms with Crippen molar-refractivity contribution < 1.29 is 4.79 Å². The van der Waals surface area contributed by atoms with Crippen molar-refractivity contribution in [3.8, 4) is 0 Å². The second-order valence-electron chi connectivity index (χ2n) is 6.31. The van der Waals surface area contributed by atoms with Crippen molar-refractivity contribution in [1.82, 2.24) is 9.97 Å². The van der Waals surface area contributed by atoms with Gasteiger partial charge in [-0.3, -0.25) is 4.79 Å². The highest BCUT2D eigenvalue weighted by Crippen LogP contribution is 2.26. The van der Waals surface area contributed by atoms with Crippen LogP contribution in [0, 0.1) is 6.92 Å². The number of hydrogen-bond donors (Lipinski definition) is 3. The predicted molar refractivity (Wildman–Crippen MR) is 86.5 cm³/mol. The molecule has 1 rings (SSSR count). The summed E-state index contributed by atoms with van der Waals surface area (Å²) in [7, 11) is 0. The van der Waals surface area contributed by atoms with Gasteiger partial charge in [0.05, 0.1) is 0 Å². The first kappa shape index (κ1) is 17.2. The van der Waals surface area contributed by atoms with E-state index in [4.69, 9.17) is 5.73 Å². The number of rotatable bonds is 6. The van der Waals surface area contributed by atoms with Gasteiger partial charge in [0.2, 0.25) is 5.91 Å². The molecular weight excluding hydrogens is 266 g/mol. The van der Waals surface area contributed by atoms with Crippen LogP contribution in [0.1, 0.15) is 52.4 Å². The highest BCUT2D eigenvalue weighted by Gasteiger charge is 2.22. The van der Waals surface area contributed by atoms with Crippen LogP contribution in [-0.4, -0.2) is 28.5 Å². The fourth-order valence-electron chi connectivity index (χ4n) is 1.68. The lowest BCUT2D eigenvalue weighted by molar-refractivity contribution is -0.118. The summed E-state index contributed by atoms with van der Waals surface area (Å²) >= 11 is 0. The van der Waals surface area contributed by atoms with Crippen LogP contribution in [0.2, 0.25) is 0 Å². The van der Waals surface area contributed by atoms with Gasteiger partial charge in [0.15, 0.2) is 0 Å². The van der Waals surface area contributed by atoms with E-state index in [2.05, 4.69) is 48.3 Å². The number of nitrogens with two attached hydrogens (primary N) is 1. The molecule has 1 amide bonds. The van der Waals surface area contributed by atoms with Crippen molar-refractivity contribution in [2.75, 3.05) is 17.2 Å². The zero-order valence-corrected chi connectivity index (χ0v) is 13.9. The van der Waals surface area contributed by atoms with E-state index in [9.17, 15) is 4.79 Å². The number of nitrogens with zero attached hydrogens (tertiary/aromatic N) is 2. The summed E-state index contributed by atoms with van der Waals surface area (Å²) in [4.78, 5) is 20.4. The summed E-state index contributed by atoms with van der Waals surface area (Å²) in [5.74, 6) is 1.77. The normalized spacial score (nSPS) is 12.9. The molecule has 0 spiro atoms. The first-order valence-electron chi connectivity index (χ1n) is 7.35. The lowest BCUT2D eigenvalue weighted by Gasteiger charge is -2.22. The molecule has 4 N–H and O–H groups in total. The van der Waals surface area contributed by atoms with E-state index in [-0.39, 0.29) is 5.41 Å². The van der Waals surface area contributed by atoms with Crippen LogP contribution in [0.4, 0.5) is 11.6 Å². The zero-order valence-electron chi connectivity index (χ0n) is 13.9. The summed E-state index contributed by atoms with van der Waals surface area (Å²) in [5, 5.41) is 6.38. The fraction of sp³-hybridized carbons (Fsp3) is 0.667. The van der Waals surface area contributed by atoms with Gasteiger partial charge in [0.25, 0.3) is 0 Å². The molecule has 21 heavy (non-hydrogen) atoms. The van der Waals surface area contributed by atoms with Crippen LogP contribution in [-0.2, 0) is 10.2 Å². The molecule has 0 aliphatic heterocycles. The topological polar surface area (TPSA) is 92.9 Å². The van der Waals surface area contributed by atoms with Crippen LogP contribution in [0.3, 0.4) is 0 Å². The van der Waals surface area contributed by atoms with Crippen molar-refractivity contribution in [3.05, 3.63) is 11.4 Å². The summed E-state index contributed by atoms with van der Waals surface area (Å²) in [6.45, 7) is 12.8. The lowest BCUT2D eigenvalue weighted by Crippen LogP contribution is -2.33. The number of nitrogens with one attached hydrogen (secondary N) is 2. The van der Waals surface area contributed by atoms with Crippen LogP contribution in [0.15, 0.2) is 0 Å². The molecule has 1 atom stereocenters. The van der Waals surface area contributed by atoms with Gasteiger partial charge in [-0.1, -0.05) is 27.7 Å². The molecule has 1 aromatic rings. The van der Waals surface area contributed by atoms with Crippen molar-refractivity contribution >= 4 is 17.5 Å². The first-order valence-corrected chi connectivity index (χ1v) is 7.35. The van der Waals surface area contributed by atoms with Crippen LogP contribution in [0.5, 0.6) is 0 Å². The molecule has 6 nitrogen and oxygen atoms in total. The molecule has 0 aromatic carbocycles. The van der Waals surface area contributed by atoms with E-state index in [1.165, 1.54) is 0 Å². The average molecular weight is 293 g/mol. The molecule has 0 saturated carbocycles. The molecule has 0 fully saturated rings. The van der Waals surface area contributed by atoms with Gasteiger partial charge in [-0.2, -0.15) is 0 Å². The molecule has 118 valence electrons. The van der Waals surface area contributed by atoms with Crippen LogP contribution in [0.25, 0.3) is 0 Å². The predicted octanol–water partition coefficient (Wildman–Crippen LogP) is 2.19. The van der Waals surface area contributed by atoms with Crippen LogP contribution < -0.4 is 16.4 Å². The van der Waals surface area contributed by atoms with Crippen molar-refractivity contribution in [2.45, 2.75) is 59.4 Å². The quantitative estimate of drug-likeness (QED) is 0.747. The van der Waals surface area contributed by atoms with E-state index < -0.39 is 11.9 Å². The van der Waals surface area contributed by atoms with Crippen LogP contribution >= 0.6 is 0 Å². The molecular formula is C15H27N5O. The average Bonchev–Trinajstić information content (AvgIpc) is 2.38. The molecule has 1 aromatic heterocycles. The number of carbonyl (C=O) groups is 1. The van der Waals surface area contributed by atoms with E-state index >= 15 is 0 Å². The second kappa shape index (κ2) is 6.74. The Morgan fingerprint density at radius 1 is 1.29 bits per heavy atom. The molecule has 0 aliphatic carbocycles. The van der Waals surface area contributed by atoms with E-state index in [1.54, 1.807) is 6.92 Å². The monoisotopic (exact) mass is 293 g/mol. The van der Waals surface area contributed by atoms with Gasteiger partial charge in [0.1, 0.15) is 23.5 Å². The lowest BCUT2D eigenvalue weighted by atomic mass is 9.95. The number of amides is 1. The third-order valence-corrected chi connectivity index (χ3v) is 3.14. The molecule has 1 heterocycles. The Bertz CT molecular complexity index is 508. The summed E-state index contributed by atoms with van der Waals surface area (Å²) in [6, 6.07) is -0.481. The number of primary amides is 1. The second-order valence-corrected chi connectivity index (χ2v) is 6.31. The number of aromatic nitrogens is 2. The molecule has 0 bridgehead atoms. The highest BCUT2D eigenvalue weighted by atomic mass is 16.1. The maximum Gasteiger partial charge on any atom is 0.239 e. The molecule has 1 unspecified atom stereocenters. The smallest absolute Gasteiger partial charge is 0.239 e. The van der Waals surface area contributed by atoms with Gasteiger partial charge in [-0.25, -0.2) is 9.97 Å². The number of anilines is 2. The van der Waals surface area contributed by atoms with Gasteiger partial charge in [-0.15, -0.1) is 0 Å². The highest BCUT2D eigenvalue weighted by molar-refractivity contribution is 5.82. The third kappa shape index (κ3) is 4.58. The number of carbonyl (C=O) groups excluding carboxylic acids is 1. The fourth-order valence-corrected chi connectivity index (χ4v) is 1.68. The minimum Gasteiger partial charge on any atom is -0.370 e. The number of hydrogen-bond acceptors (Lipinski definition) is 5. The minimum atomic E-state index is -0.481. The molecule has 0 aliphatic rings. The molecule has 0 saturated heterocycles. The van der Waals surface area contributed by atoms with Crippen molar-refractivity contribution in [3.63, 3.8) is 0 Å². The Labute approximate surface area is 126 Å². The Morgan fingerprint density at radius 2 is 1.86 bits per heavy atom. The first-order chi connectivity index (χ1) is 9.66. The third-order valence-electron chi connectivity index (χ3n) is 3.14. The zero-order chi connectivity index (χ0) is 16.2. The van der Waals surface area contributed by atoms with E-state index in [0.717, 1.165) is 30.2 Å². The minimum absolute atomic E-state index is 0.178. The van der Waals surface area contributed by atoms with Gasteiger partial charge >= 0.3 is 0 Å². The SMILES string of the molecule is CCCNc1nc(C(C)(C)C)nc(NC(C)C(N)=O)c1C. The Balaban J connectivity index is 3.23. The molecule has 0 radical (unpaired) electrons. The summed E-state index contributed by atoms with van der Waals surface area (Å²) < 4.78 is 0. The largest absolute Gasteiger partial charge is 0.370 e. The standard InChI is InChI=1S/C15H27N5O/c1-7-8-17-12-9(2)13(18-10(3)11(16)21)20-14(19-12)15(4,5)6/h10H,7-8H2,1-6H3,(H2,16,21)(H2,17,18,19,20). The Hall–Kier alpha value is -1.85. The molecule has 6 heteroatoms. The van der Waals surface area contributed by atoms with Gasteiger partial charge in [0, 0.05) is 17.5 Å². The van der Waals surface area contributed by atoms with Gasteiger partial charge < -0.3 is 16.4 Å². The Kier molecular flexibility index (Phi) is 5.52. The summed E-state index contributed by atoms with van der Waals surface area (Å²) in [5.41, 5.74) is 6.03. The maximum atomic E-state index is 11.3. The Morgan fingerprint density at radius 3 is 2.33 bits per heavy atom. The van der Waals surface area contributed by atoms with Crippen molar-refractivity contribution in [1.29, 1.82) is 0 Å². The maximum absolute atomic E-state index is 11.3. The van der Waals surface area contributed by atoms with Crippen molar-refractivity contribution in [2.24, 2.45) is 5.73 Å². The van der Waals surface area contributed by atoms with E-state index in [0.29, 0.717) is 5.82 Å². The van der Waals surface area contributed by atoms with Gasteiger partial charge in [-0.05, 0) is 20.3 Å².